The summed E-state index contributed by atoms with van der Waals surface area (Å²) in [6.45, 7) is 1.59. The van der Waals surface area contributed by atoms with Crippen molar-refractivity contribution in [2.24, 2.45) is 5.10 Å². The molecule has 1 heterocycles. The Morgan fingerprint density at radius 3 is 2.50 bits per heavy atom. The standard InChI is InChI=1S/C17H14FN3O4S/c1-10(11-6-8-12(18)9-7-11)19-20-17(23)15-16(22)13-4-2-3-5-14(13)26(24,25)21-15/h2-9,21-22H,1H3,(H,20,23)/b19-10+. The maximum Gasteiger partial charge on any atom is 0.292 e. The van der Waals surface area contributed by atoms with Crippen LogP contribution in [-0.4, -0.2) is 25.1 Å². The Kier molecular flexibility index (Phi) is 4.47. The molecule has 1 aliphatic rings. The Bertz CT molecular complexity index is 1040. The number of hydrazone groups is 1. The van der Waals surface area contributed by atoms with Crippen LogP contribution in [0.3, 0.4) is 0 Å². The summed E-state index contributed by atoms with van der Waals surface area (Å²) in [4.78, 5) is 12.1. The summed E-state index contributed by atoms with van der Waals surface area (Å²) in [5, 5.41) is 14.1. The van der Waals surface area contributed by atoms with E-state index in [0.29, 0.717) is 11.3 Å². The van der Waals surface area contributed by atoms with Gasteiger partial charge in [-0.1, -0.05) is 24.3 Å². The minimum absolute atomic E-state index is 0.0237. The lowest BCUT2D eigenvalue weighted by atomic mass is 10.1. The molecule has 9 heteroatoms. The number of aliphatic hydroxyl groups excluding tert-OH is 1. The van der Waals surface area contributed by atoms with E-state index in [-0.39, 0.29) is 10.5 Å². The fraction of sp³-hybridized carbons (Fsp3) is 0.0588. The molecular formula is C17H14FN3O4S. The van der Waals surface area contributed by atoms with Crippen molar-refractivity contribution in [3.8, 4) is 0 Å². The monoisotopic (exact) mass is 375 g/mol. The van der Waals surface area contributed by atoms with Crippen molar-refractivity contribution < 1.29 is 22.7 Å². The van der Waals surface area contributed by atoms with Crippen LogP contribution in [-0.2, 0) is 14.8 Å². The number of halogens is 1. The molecule has 0 fully saturated rings. The van der Waals surface area contributed by atoms with E-state index >= 15 is 0 Å². The molecule has 7 nitrogen and oxygen atoms in total. The Hall–Kier alpha value is -3.20. The first kappa shape index (κ1) is 17.6. The zero-order chi connectivity index (χ0) is 18.9. The summed E-state index contributed by atoms with van der Waals surface area (Å²) >= 11 is 0. The van der Waals surface area contributed by atoms with Gasteiger partial charge in [0.15, 0.2) is 11.5 Å². The van der Waals surface area contributed by atoms with Crippen LogP contribution < -0.4 is 10.1 Å². The highest BCUT2D eigenvalue weighted by Crippen LogP contribution is 2.28. The van der Waals surface area contributed by atoms with E-state index in [4.69, 9.17) is 0 Å². The SMILES string of the molecule is C/C(=N\NC(=O)C1=C(O)c2ccccc2S(=O)(=O)N1)c1ccc(F)cc1. The lowest BCUT2D eigenvalue weighted by Gasteiger charge is -2.20. The van der Waals surface area contributed by atoms with Crippen molar-refractivity contribution in [2.75, 3.05) is 0 Å². The summed E-state index contributed by atoms with van der Waals surface area (Å²) in [7, 11) is -3.98. The van der Waals surface area contributed by atoms with Crippen LogP contribution >= 0.6 is 0 Å². The Morgan fingerprint density at radius 1 is 1.15 bits per heavy atom. The second kappa shape index (κ2) is 6.60. The van der Waals surface area contributed by atoms with Gasteiger partial charge in [-0.3, -0.25) is 9.52 Å². The van der Waals surface area contributed by atoms with E-state index in [2.05, 4.69) is 10.5 Å². The minimum atomic E-state index is -3.98. The van der Waals surface area contributed by atoms with Crippen molar-refractivity contribution >= 4 is 27.4 Å². The van der Waals surface area contributed by atoms with Gasteiger partial charge in [0.05, 0.1) is 10.6 Å². The largest absolute Gasteiger partial charge is 0.505 e. The van der Waals surface area contributed by atoms with Crippen LogP contribution in [0.2, 0.25) is 0 Å². The third-order valence-corrected chi connectivity index (χ3v) is 5.13. The third kappa shape index (κ3) is 3.29. The van der Waals surface area contributed by atoms with Crippen LogP contribution in [0, 0.1) is 5.82 Å². The van der Waals surface area contributed by atoms with Gasteiger partial charge in [-0.15, -0.1) is 0 Å². The van der Waals surface area contributed by atoms with Crippen molar-refractivity contribution in [2.45, 2.75) is 11.8 Å². The van der Waals surface area contributed by atoms with Crippen LogP contribution in [0.1, 0.15) is 18.1 Å². The Labute approximate surface area is 148 Å². The molecule has 2 aromatic rings. The average Bonchev–Trinajstić information content (AvgIpc) is 2.63. The summed E-state index contributed by atoms with van der Waals surface area (Å²) in [6, 6.07) is 11.2. The summed E-state index contributed by atoms with van der Waals surface area (Å²) in [5.41, 5.74) is 2.61. The number of sulfonamides is 1. The molecule has 1 aliphatic heterocycles. The molecule has 0 saturated carbocycles. The molecule has 3 N–H and O–H groups in total. The highest BCUT2D eigenvalue weighted by molar-refractivity contribution is 7.89. The van der Waals surface area contributed by atoms with Crippen LogP contribution in [0.15, 0.2) is 64.2 Å². The van der Waals surface area contributed by atoms with Crippen molar-refractivity contribution in [3.63, 3.8) is 0 Å². The van der Waals surface area contributed by atoms with E-state index in [1.165, 1.54) is 42.5 Å². The van der Waals surface area contributed by atoms with E-state index in [9.17, 15) is 22.7 Å². The number of carbonyl (C=O) groups is 1. The number of hydrogen-bond acceptors (Lipinski definition) is 5. The van der Waals surface area contributed by atoms with E-state index in [1.807, 2.05) is 4.72 Å². The highest BCUT2D eigenvalue weighted by Gasteiger charge is 2.32. The Balaban J connectivity index is 1.88. The second-order valence-corrected chi connectivity index (χ2v) is 7.12. The van der Waals surface area contributed by atoms with Gasteiger partial charge in [0, 0.05) is 5.56 Å². The van der Waals surface area contributed by atoms with Gasteiger partial charge in [-0.05, 0) is 36.8 Å². The van der Waals surface area contributed by atoms with E-state index in [1.54, 1.807) is 13.0 Å². The first-order valence-electron chi connectivity index (χ1n) is 7.45. The summed E-state index contributed by atoms with van der Waals surface area (Å²) in [6.07, 6.45) is 0. The number of nitrogens with zero attached hydrogens (tertiary/aromatic N) is 1. The van der Waals surface area contributed by atoms with Gasteiger partial charge in [0.25, 0.3) is 15.9 Å². The molecule has 1 amide bonds. The topological polar surface area (TPSA) is 108 Å². The number of aliphatic hydroxyl groups is 1. The zero-order valence-electron chi connectivity index (χ0n) is 13.5. The minimum Gasteiger partial charge on any atom is -0.505 e. The molecule has 0 spiro atoms. The normalized spacial score (nSPS) is 15.8. The number of nitrogens with one attached hydrogen (secondary N) is 2. The summed E-state index contributed by atoms with van der Waals surface area (Å²) in [5.74, 6) is -1.83. The smallest absolute Gasteiger partial charge is 0.292 e. The maximum atomic E-state index is 12.9. The molecule has 0 bridgehead atoms. The predicted molar refractivity (Wildman–Crippen MR) is 93.1 cm³/mol. The first-order valence-corrected chi connectivity index (χ1v) is 8.94. The van der Waals surface area contributed by atoms with E-state index in [0.717, 1.165) is 0 Å². The second-order valence-electron chi connectivity index (χ2n) is 5.47. The molecule has 0 unspecified atom stereocenters. The van der Waals surface area contributed by atoms with Crippen molar-refractivity contribution in [1.82, 2.24) is 10.1 Å². The quantitative estimate of drug-likeness (QED) is 0.562. The third-order valence-electron chi connectivity index (χ3n) is 3.72. The van der Waals surface area contributed by atoms with E-state index < -0.39 is 33.2 Å². The molecule has 0 aromatic heterocycles. The Morgan fingerprint density at radius 2 is 1.81 bits per heavy atom. The average molecular weight is 375 g/mol. The number of amides is 1. The first-order chi connectivity index (χ1) is 12.3. The molecule has 26 heavy (non-hydrogen) atoms. The van der Waals surface area contributed by atoms with Crippen molar-refractivity contribution in [1.29, 1.82) is 0 Å². The number of carbonyl (C=O) groups excluding carboxylic acids is 1. The molecule has 0 radical (unpaired) electrons. The maximum absolute atomic E-state index is 12.9. The van der Waals surface area contributed by atoms with Gasteiger partial charge < -0.3 is 5.11 Å². The summed E-state index contributed by atoms with van der Waals surface area (Å²) < 4.78 is 39.4. The predicted octanol–water partition coefficient (Wildman–Crippen LogP) is 1.88. The lowest BCUT2D eigenvalue weighted by Crippen LogP contribution is -2.37. The number of benzene rings is 2. The van der Waals surface area contributed by atoms with Crippen LogP contribution in [0.5, 0.6) is 0 Å². The van der Waals surface area contributed by atoms with Gasteiger partial charge in [0.2, 0.25) is 0 Å². The van der Waals surface area contributed by atoms with Gasteiger partial charge in [-0.25, -0.2) is 18.2 Å². The molecule has 0 atom stereocenters. The highest BCUT2D eigenvalue weighted by atomic mass is 32.2. The lowest BCUT2D eigenvalue weighted by molar-refractivity contribution is -0.117. The molecule has 134 valence electrons. The number of hydrogen-bond donors (Lipinski definition) is 3. The van der Waals surface area contributed by atoms with Crippen molar-refractivity contribution in [3.05, 3.63) is 71.2 Å². The van der Waals surface area contributed by atoms with Gasteiger partial charge in [0.1, 0.15) is 5.82 Å². The molecule has 0 saturated heterocycles. The van der Waals surface area contributed by atoms with Crippen LogP contribution in [0.25, 0.3) is 5.76 Å². The fourth-order valence-corrected chi connectivity index (χ4v) is 3.65. The molecule has 3 rings (SSSR count). The zero-order valence-corrected chi connectivity index (χ0v) is 14.3. The number of fused-ring (bicyclic) bond motifs is 1. The van der Waals surface area contributed by atoms with Gasteiger partial charge in [-0.2, -0.15) is 5.10 Å². The molecule has 0 aliphatic carbocycles. The molecular weight excluding hydrogens is 361 g/mol. The van der Waals surface area contributed by atoms with Crippen LogP contribution in [0.4, 0.5) is 4.39 Å². The molecule has 2 aromatic carbocycles. The van der Waals surface area contributed by atoms with Gasteiger partial charge >= 0.3 is 0 Å². The number of rotatable bonds is 3. The fourth-order valence-electron chi connectivity index (χ4n) is 2.37.